The van der Waals surface area contributed by atoms with Gasteiger partial charge >= 0.3 is 0 Å². The summed E-state index contributed by atoms with van der Waals surface area (Å²) in [5, 5.41) is 16.4. The number of hydrogen-bond donors (Lipinski definition) is 3. The zero-order valence-electron chi connectivity index (χ0n) is 22.2. The van der Waals surface area contributed by atoms with Crippen LogP contribution in [-0.2, 0) is 5.54 Å². The Morgan fingerprint density at radius 1 is 0.923 bits per heavy atom. The Balaban J connectivity index is 1.18. The van der Waals surface area contributed by atoms with Gasteiger partial charge in [0.15, 0.2) is 5.82 Å². The molecule has 202 valence electrons. The highest BCUT2D eigenvalue weighted by Crippen LogP contribution is 2.39. The first-order valence-corrected chi connectivity index (χ1v) is 14.6. The number of likely N-dealkylation sites (N-methyl/N-ethyl adjacent to an activating group) is 1. The SMILES string of the molecule is CN1CCN(c2ccc(C(=O)Nc3n[nH]c4ccc(C(=O)NC5(c6cccs6)CCCCC5)cc34)cc2)CC1. The van der Waals surface area contributed by atoms with Gasteiger partial charge in [0, 0.05) is 53.3 Å². The molecule has 9 heteroatoms. The monoisotopic (exact) mass is 542 g/mol. The van der Waals surface area contributed by atoms with E-state index in [1.165, 1.54) is 11.3 Å². The number of piperazine rings is 1. The number of aromatic nitrogens is 2. The summed E-state index contributed by atoms with van der Waals surface area (Å²) in [5.41, 5.74) is 2.68. The van der Waals surface area contributed by atoms with Crippen LogP contribution in [0.25, 0.3) is 10.9 Å². The molecule has 1 aliphatic heterocycles. The van der Waals surface area contributed by atoms with Gasteiger partial charge in [-0.1, -0.05) is 25.3 Å². The van der Waals surface area contributed by atoms with Crippen molar-refractivity contribution in [3.8, 4) is 0 Å². The predicted molar refractivity (Wildman–Crippen MR) is 157 cm³/mol. The number of aromatic amines is 1. The van der Waals surface area contributed by atoms with Crippen molar-refractivity contribution < 1.29 is 9.59 Å². The third-order valence-electron chi connectivity index (χ3n) is 8.11. The fourth-order valence-electron chi connectivity index (χ4n) is 5.75. The van der Waals surface area contributed by atoms with E-state index >= 15 is 0 Å². The van der Waals surface area contributed by atoms with Crippen LogP contribution in [0.2, 0.25) is 0 Å². The van der Waals surface area contributed by atoms with Gasteiger partial charge in [-0.2, -0.15) is 5.10 Å². The lowest BCUT2D eigenvalue weighted by atomic mass is 9.80. The predicted octanol–water partition coefficient (Wildman–Crippen LogP) is 5.22. The first-order chi connectivity index (χ1) is 19.0. The van der Waals surface area contributed by atoms with E-state index in [1.807, 2.05) is 42.5 Å². The second-order valence-electron chi connectivity index (χ2n) is 10.7. The normalized spacial score (nSPS) is 17.7. The van der Waals surface area contributed by atoms with Gasteiger partial charge in [-0.3, -0.25) is 14.7 Å². The van der Waals surface area contributed by atoms with Gasteiger partial charge in [-0.25, -0.2) is 0 Å². The van der Waals surface area contributed by atoms with Crippen LogP contribution in [0.1, 0.15) is 57.7 Å². The molecule has 1 aliphatic carbocycles. The van der Waals surface area contributed by atoms with Gasteiger partial charge in [0.1, 0.15) is 0 Å². The summed E-state index contributed by atoms with van der Waals surface area (Å²) in [6.07, 6.45) is 5.30. The Kier molecular flexibility index (Phi) is 7.10. The number of H-pyrrole nitrogens is 1. The van der Waals surface area contributed by atoms with Crippen LogP contribution in [0, 0.1) is 0 Å². The lowest BCUT2D eigenvalue weighted by molar-refractivity contribution is 0.0869. The molecule has 4 aromatic rings. The van der Waals surface area contributed by atoms with E-state index in [4.69, 9.17) is 0 Å². The standard InChI is InChI=1S/C30H34N6O2S/c1-35-15-17-36(18-16-35)23-10-7-21(8-11-23)28(37)31-27-24-20-22(9-12-25(24)33-34-27)29(38)32-30(13-3-2-4-14-30)26-6-5-19-39-26/h5-12,19-20H,2-4,13-18H2,1H3,(H,32,38)(H2,31,33,34,37). The molecule has 0 radical (unpaired) electrons. The molecule has 0 spiro atoms. The maximum absolute atomic E-state index is 13.5. The number of nitrogens with zero attached hydrogens (tertiary/aromatic N) is 3. The number of carbonyl (C=O) groups excluding carboxylic acids is 2. The topological polar surface area (TPSA) is 93.4 Å². The van der Waals surface area contributed by atoms with Crippen LogP contribution < -0.4 is 15.5 Å². The van der Waals surface area contributed by atoms with Gasteiger partial charge in [0.05, 0.1) is 11.1 Å². The molecule has 2 aromatic carbocycles. The first kappa shape index (κ1) is 25.6. The molecule has 8 nitrogen and oxygen atoms in total. The molecule has 2 fully saturated rings. The van der Waals surface area contributed by atoms with Crippen LogP contribution in [0.4, 0.5) is 11.5 Å². The van der Waals surface area contributed by atoms with E-state index in [1.54, 1.807) is 11.3 Å². The quantitative estimate of drug-likeness (QED) is 0.311. The molecular formula is C30H34N6O2S. The Bertz CT molecular complexity index is 1450. The second kappa shape index (κ2) is 10.8. The van der Waals surface area contributed by atoms with E-state index in [0.717, 1.165) is 63.1 Å². The van der Waals surface area contributed by atoms with Crippen molar-refractivity contribution >= 4 is 45.6 Å². The molecule has 39 heavy (non-hydrogen) atoms. The largest absolute Gasteiger partial charge is 0.369 e. The highest BCUT2D eigenvalue weighted by Gasteiger charge is 2.36. The third-order valence-corrected chi connectivity index (χ3v) is 9.18. The molecule has 0 bridgehead atoms. The number of anilines is 2. The fourth-order valence-corrected chi connectivity index (χ4v) is 6.69. The van der Waals surface area contributed by atoms with Gasteiger partial charge < -0.3 is 20.4 Å². The highest BCUT2D eigenvalue weighted by molar-refractivity contribution is 7.10. The van der Waals surface area contributed by atoms with E-state index in [0.29, 0.717) is 22.3 Å². The van der Waals surface area contributed by atoms with Crippen LogP contribution in [0.5, 0.6) is 0 Å². The second-order valence-corrected chi connectivity index (χ2v) is 11.6. The Labute approximate surface area is 232 Å². The van der Waals surface area contributed by atoms with Crippen molar-refractivity contribution in [3.05, 3.63) is 76.0 Å². The zero-order chi connectivity index (χ0) is 26.8. The zero-order valence-corrected chi connectivity index (χ0v) is 23.0. The summed E-state index contributed by atoms with van der Waals surface area (Å²) in [4.78, 5) is 32.4. The molecular weight excluding hydrogens is 508 g/mol. The Hall–Kier alpha value is -3.69. The number of amides is 2. The molecule has 2 aromatic heterocycles. The summed E-state index contributed by atoms with van der Waals surface area (Å²) in [5.74, 6) is 0.0747. The summed E-state index contributed by atoms with van der Waals surface area (Å²) >= 11 is 1.70. The third kappa shape index (κ3) is 5.29. The first-order valence-electron chi connectivity index (χ1n) is 13.7. The van der Waals surface area contributed by atoms with E-state index in [9.17, 15) is 9.59 Å². The lowest BCUT2D eigenvalue weighted by Gasteiger charge is -2.37. The molecule has 6 rings (SSSR count). The average molecular weight is 543 g/mol. The maximum Gasteiger partial charge on any atom is 0.256 e. The van der Waals surface area contributed by atoms with Crippen molar-refractivity contribution in [3.63, 3.8) is 0 Å². The summed E-state index contributed by atoms with van der Waals surface area (Å²) in [6.45, 7) is 4.02. The number of thiophene rings is 1. The van der Waals surface area contributed by atoms with E-state index in [-0.39, 0.29) is 17.4 Å². The average Bonchev–Trinajstić information content (AvgIpc) is 3.65. The highest BCUT2D eigenvalue weighted by atomic mass is 32.1. The van der Waals surface area contributed by atoms with Crippen LogP contribution in [0.15, 0.2) is 60.0 Å². The van der Waals surface area contributed by atoms with Crippen molar-refractivity contribution in [2.24, 2.45) is 0 Å². The van der Waals surface area contributed by atoms with Crippen molar-refractivity contribution in [2.45, 2.75) is 37.6 Å². The van der Waals surface area contributed by atoms with Gasteiger partial charge in [0.2, 0.25) is 0 Å². The summed E-state index contributed by atoms with van der Waals surface area (Å²) in [7, 11) is 2.14. The number of nitrogens with one attached hydrogen (secondary N) is 3. The Morgan fingerprint density at radius 3 is 2.38 bits per heavy atom. The number of fused-ring (bicyclic) bond motifs is 1. The van der Waals surface area contributed by atoms with Crippen molar-refractivity contribution in [1.82, 2.24) is 20.4 Å². The molecule has 0 unspecified atom stereocenters. The Morgan fingerprint density at radius 2 is 1.67 bits per heavy atom. The lowest BCUT2D eigenvalue weighted by Crippen LogP contribution is -2.46. The minimum absolute atomic E-state index is 0.106. The van der Waals surface area contributed by atoms with Gasteiger partial charge in [-0.05, 0) is 73.8 Å². The number of rotatable bonds is 6. The van der Waals surface area contributed by atoms with Crippen molar-refractivity contribution in [1.29, 1.82) is 0 Å². The molecule has 1 saturated carbocycles. The minimum Gasteiger partial charge on any atom is -0.369 e. The summed E-state index contributed by atoms with van der Waals surface area (Å²) in [6, 6.07) is 17.3. The minimum atomic E-state index is -0.317. The van der Waals surface area contributed by atoms with E-state index < -0.39 is 0 Å². The summed E-state index contributed by atoms with van der Waals surface area (Å²) < 4.78 is 0. The molecule has 0 atom stereocenters. The fraction of sp³-hybridized carbons (Fsp3) is 0.367. The smallest absolute Gasteiger partial charge is 0.256 e. The molecule has 1 saturated heterocycles. The van der Waals surface area contributed by atoms with E-state index in [2.05, 4.69) is 55.2 Å². The number of hydrogen-bond acceptors (Lipinski definition) is 6. The molecule has 2 aliphatic rings. The number of carbonyl (C=O) groups is 2. The molecule has 3 heterocycles. The van der Waals surface area contributed by atoms with Gasteiger partial charge in [0.25, 0.3) is 11.8 Å². The molecule has 3 N–H and O–H groups in total. The van der Waals surface area contributed by atoms with Crippen LogP contribution >= 0.6 is 11.3 Å². The van der Waals surface area contributed by atoms with Crippen molar-refractivity contribution in [2.75, 3.05) is 43.4 Å². The number of benzene rings is 2. The molecule has 2 amide bonds. The maximum atomic E-state index is 13.5. The van der Waals surface area contributed by atoms with Crippen LogP contribution in [-0.4, -0.2) is 60.1 Å². The van der Waals surface area contributed by atoms with Gasteiger partial charge in [-0.15, -0.1) is 11.3 Å². The van der Waals surface area contributed by atoms with Crippen LogP contribution in [0.3, 0.4) is 0 Å².